The van der Waals surface area contributed by atoms with E-state index in [-0.39, 0.29) is 5.41 Å². The second kappa shape index (κ2) is 13.8. The summed E-state index contributed by atoms with van der Waals surface area (Å²) in [6.45, 7) is 4.76. The minimum atomic E-state index is -0.105. The molecule has 0 heterocycles. The van der Waals surface area contributed by atoms with Crippen molar-refractivity contribution in [2.24, 2.45) is 0 Å². The molecule has 12 rings (SSSR count). The molecule has 0 spiro atoms. The van der Waals surface area contributed by atoms with Gasteiger partial charge in [0, 0.05) is 5.41 Å². The molecule has 0 radical (unpaired) electrons. The first kappa shape index (κ1) is 35.4. The largest absolute Gasteiger partial charge is 0.0622 e. The van der Waals surface area contributed by atoms with Crippen LogP contribution in [0.4, 0.5) is 0 Å². The molecule has 0 bridgehead atoms. The topological polar surface area (TPSA) is 0 Å². The highest BCUT2D eigenvalue weighted by molar-refractivity contribution is 6.16. The highest BCUT2D eigenvalue weighted by atomic mass is 14.4. The molecule has 11 aromatic rings. The van der Waals surface area contributed by atoms with Gasteiger partial charge in [-0.3, -0.25) is 0 Å². The normalized spacial score (nSPS) is 12.9. The summed E-state index contributed by atoms with van der Waals surface area (Å²) in [5.74, 6) is 0. The van der Waals surface area contributed by atoms with E-state index in [9.17, 15) is 0 Å². The summed E-state index contributed by atoms with van der Waals surface area (Å²) in [6, 6.07) is 81.5. The average molecular weight is 775 g/mol. The molecule has 0 saturated heterocycles. The van der Waals surface area contributed by atoms with Gasteiger partial charge in [0.2, 0.25) is 0 Å². The molecule has 0 aromatic heterocycles. The van der Waals surface area contributed by atoms with Crippen LogP contribution in [0, 0.1) is 0 Å². The molecule has 11 aromatic carbocycles. The van der Waals surface area contributed by atoms with Crippen molar-refractivity contribution in [1.29, 1.82) is 0 Å². The lowest BCUT2D eigenvalue weighted by Crippen LogP contribution is -2.14. The van der Waals surface area contributed by atoms with Crippen molar-refractivity contribution in [3.63, 3.8) is 0 Å². The molecule has 0 unspecified atom stereocenters. The zero-order valence-corrected chi connectivity index (χ0v) is 34.3. The standard InChI is InChI=1S/C61H42/c1-61(2)59-24-14-13-23-51(59)52-30-27-47(38-60(52)61)57-37-48-31-45(55-34-43-21-11-9-19-41(43)32-53(55)39-15-5-3-6-16-39)25-28-49(48)50-29-26-46(36-58(50)57)56-35-44-22-12-10-20-42(44)33-54(56)40-17-7-4-8-18-40/h3-38H,1-2H3. The van der Waals surface area contributed by atoms with Crippen LogP contribution in [0.25, 0.3) is 110 Å². The molecule has 0 nitrogen and oxygen atoms in total. The lowest BCUT2D eigenvalue weighted by atomic mass is 9.81. The van der Waals surface area contributed by atoms with E-state index in [1.807, 2.05) is 0 Å². The molecule has 0 amide bonds. The van der Waals surface area contributed by atoms with Crippen LogP contribution >= 0.6 is 0 Å². The Kier molecular flexibility index (Phi) is 7.99. The highest BCUT2D eigenvalue weighted by Gasteiger charge is 2.35. The summed E-state index contributed by atoms with van der Waals surface area (Å²) in [4.78, 5) is 0. The first-order valence-electron chi connectivity index (χ1n) is 21.4. The van der Waals surface area contributed by atoms with Gasteiger partial charge in [-0.2, -0.15) is 0 Å². The average Bonchev–Trinajstić information content (AvgIpc) is 3.55. The first-order chi connectivity index (χ1) is 30.0. The van der Waals surface area contributed by atoms with Gasteiger partial charge in [-0.25, -0.2) is 0 Å². The summed E-state index contributed by atoms with van der Waals surface area (Å²) in [5.41, 5.74) is 17.7. The first-order valence-corrected chi connectivity index (χ1v) is 21.4. The quantitative estimate of drug-likeness (QED) is 0.153. The number of benzene rings is 11. The van der Waals surface area contributed by atoms with E-state index in [2.05, 4.69) is 232 Å². The fourth-order valence-corrected chi connectivity index (χ4v) is 10.3. The van der Waals surface area contributed by atoms with Gasteiger partial charge >= 0.3 is 0 Å². The number of hydrogen-bond acceptors (Lipinski definition) is 0. The van der Waals surface area contributed by atoms with Crippen LogP contribution in [-0.4, -0.2) is 0 Å². The summed E-state index contributed by atoms with van der Waals surface area (Å²) < 4.78 is 0. The Labute approximate surface area is 357 Å². The lowest BCUT2D eigenvalue weighted by molar-refractivity contribution is 0.660. The van der Waals surface area contributed by atoms with Crippen LogP contribution in [0.3, 0.4) is 0 Å². The van der Waals surface area contributed by atoms with Crippen LogP contribution in [0.5, 0.6) is 0 Å². The maximum atomic E-state index is 2.48. The second-order valence-corrected chi connectivity index (χ2v) is 17.3. The van der Waals surface area contributed by atoms with Crippen LogP contribution in [-0.2, 0) is 5.41 Å². The molecule has 1 aliphatic rings. The fourth-order valence-electron chi connectivity index (χ4n) is 10.3. The zero-order chi connectivity index (χ0) is 40.7. The molecular formula is C61H42. The van der Waals surface area contributed by atoms with E-state index >= 15 is 0 Å². The molecule has 0 N–H and O–H groups in total. The van der Waals surface area contributed by atoms with Gasteiger partial charge in [0.05, 0.1) is 0 Å². The lowest BCUT2D eigenvalue weighted by Gasteiger charge is -2.22. The Morgan fingerprint density at radius 2 is 0.656 bits per heavy atom. The number of fused-ring (bicyclic) bond motifs is 8. The predicted molar refractivity (Wildman–Crippen MR) is 261 cm³/mol. The van der Waals surface area contributed by atoms with E-state index in [0.29, 0.717) is 0 Å². The Hall–Kier alpha value is -7.54. The van der Waals surface area contributed by atoms with E-state index in [4.69, 9.17) is 0 Å². The minimum Gasteiger partial charge on any atom is -0.0622 e. The molecule has 61 heavy (non-hydrogen) atoms. The number of rotatable bonds is 5. The van der Waals surface area contributed by atoms with Gasteiger partial charge in [0.15, 0.2) is 0 Å². The summed E-state index contributed by atoms with van der Waals surface area (Å²) in [7, 11) is 0. The van der Waals surface area contributed by atoms with Crippen molar-refractivity contribution in [3.8, 4) is 66.8 Å². The molecule has 0 saturated carbocycles. The SMILES string of the molecule is CC1(C)c2ccccc2-c2ccc(-c3cc4cc(-c5cc6ccccc6cc5-c5ccccc5)ccc4c4ccc(-c5cc6ccccc6cc5-c5ccccc5)cc34)cc21. The third-order valence-corrected chi connectivity index (χ3v) is 13.4. The van der Waals surface area contributed by atoms with Crippen LogP contribution in [0.2, 0.25) is 0 Å². The smallest absolute Gasteiger partial charge is 0.0159 e. The van der Waals surface area contributed by atoms with E-state index in [1.165, 1.54) is 121 Å². The third-order valence-electron chi connectivity index (χ3n) is 13.4. The van der Waals surface area contributed by atoms with Gasteiger partial charge in [-0.1, -0.05) is 184 Å². The van der Waals surface area contributed by atoms with E-state index in [1.54, 1.807) is 0 Å². The van der Waals surface area contributed by atoms with Gasteiger partial charge in [-0.15, -0.1) is 0 Å². The van der Waals surface area contributed by atoms with Crippen molar-refractivity contribution in [2.75, 3.05) is 0 Å². The summed E-state index contributed by atoms with van der Waals surface area (Å²) >= 11 is 0. The van der Waals surface area contributed by atoms with Crippen LogP contribution in [0.15, 0.2) is 218 Å². The molecular weight excluding hydrogens is 733 g/mol. The van der Waals surface area contributed by atoms with Crippen molar-refractivity contribution in [3.05, 3.63) is 230 Å². The molecule has 0 heteroatoms. The van der Waals surface area contributed by atoms with Crippen molar-refractivity contribution >= 4 is 43.1 Å². The molecule has 0 aliphatic heterocycles. The van der Waals surface area contributed by atoms with Gasteiger partial charge in [0.25, 0.3) is 0 Å². The Morgan fingerprint density at radius 3 is 1.25 bits per heavy atom. The van der Waals surface area contributed by atoms with E-state index < -0.39 is 0 Å². The number of hydrogen-bond donors (Lipinski definition) is 0. The molecule has 0 atom stereocenters. The minimum absolute atomic E-state index is 0.105. The zero-order valence-electron chi connectivity index (χ0n) is 34.3. The summed E-state index contributed by atoms with van der Waals surface area (Å²) in [6.07, 6.45) is 0. The van der Waals surface area contributed by atoms with Crippen molar-refractivity contribution in [2.45, 2.75) is 19.3 Å². The van der Waals surface area contributed by atoms with E-state index in [0.717, 1.165) is 0 Å². The predicted octanol–water partition coefficient (Wildman–Crippen LogP) is 16.9. The van der Waals surface area contributed by atoms with Gasteiger partial charge in [-0.05, 0) is 170 Å². The fraction of sp³-hybridized carbons (Fsp3) is 0.0492. The monoisotopic (exact) mass is 774 g/mol. The Balaban J connectivity index is 1.12. The Bertz CT molecular complexity index is 3530. The maximum Gasteiger partial charge on any atom is 0.0159 e. The van der Waals surface area contributed by atoms with Gasteiger partial charge in [0.1, 0.15) is 0 Å². The highest BCUT2D eigenvalue weighted by Crippen LogP contribution is 2.51. The summed E-state index contributed by atoms with van der Waals surface area (Å²) in [5, 5.41) is 9.99. The Morgan fingerprint density at radius 1 is 0.230 bits per heavy atom. The van der Waals surface area contributed by atoms with Crippen LogP contribution in [0.1, 0.15) is 25.0 Å². The third kappa shape index (κ3) is 5.75. The molecule has 0 fully saturated rings. The van der Waals surface area contributed by atoms with Gasteiger partial charge < -0.3 is 0 Å². The second-order valence-electron chi connectivity index (χ2n) is 17.3. The van der Waals surface area contributed by atoms with Crippen LogP contribution < -0.4 is 0 Å². The molecule has 1 aliphatic carbocycles. The van der Waals surface area contributed by atoms with Crippen molar-refractivity contribution < 1.29 is 0 Å². The molecule has 286 valence electrons. The van der Waals surface area contributed by atoms with Crippen molar-refractivity contribution in [1.82, 2.24) is 0 Å². The maximum absolute atomic E-state index is 2.48.